The predicted molar refractivity (Wildman–Crippen MR) is 32.6 cm³/mol. The first-order valence-electron chi connectivity index (χ1n) is 2.14. The van der Waals surface area contributed by atoms with E-state index in [1.54, 1.807) is 0 Å². The Morgan fingerprint density at radius 3 is 1.60 bits per heavy atom. The number of aliphatic carboxylic acids is 2. The van der Waals surface area contributed by atoms with Crippen LogP contribution >= 0.6 is 11.8 Å². The van der Waals surface area contributed by atoms with Crippen molar-refractivity contribution in [3.63, 3.8) is 0 Å². The molecular formula is C4H6NiO4S. The van der Waals surface area contributed by atoms with E-state index in [-0.39, 0.29) is 28.0 Å². The van der Waals surface area contributed by atoms with Crippen molar-refractivity contribution < 1.29 is 36.3 Å². The molecule has 0 rings (SSSR count). The summed E-state index contributed by atoms with van der Waals surface area (Å²) in [4.78, 5) is 19.5. The van der Waals surface area contributed by atoms with Crippen LogP contribution in [0.25, 0.3) is 0 Å². The number of rotatable bonds is 4. The van der Waals surface area contributed by atoms with Gasteiger partial charge in [0, 0.05) is 16.5 Å². The van der Waals surface area contributed by atoms with Crippen LogP contribution in [0.5, 0.6) is 0 Å². The fraction of sp³-hybridized carbons (Fsp3) is 0.500. The van der Waals surface area contributed by atoms with Crippen molar-refractivity contribution in [1.29, 1.82) is 0 Å². The minimum atomic E-state index is -0.985. The predicted octanol–water partition coefficient (Wildman–Crippen LogP) is -0.114. The summed E-state index contributed by atoms with van der Waals surface area (Å²) in [5.74, 6) is -2.26. The molecule has 10 heavy (non-hydrogen) atoms. The zero-order valence-electron chi connectivity index (χ0n) is 4.85. The molecule has 6 heteroatoms. The van der Waals surface area contributed by atoms with Gasteiger partial charge in [-0.2, -0.15) is 0 Å². The van der Waals surface area contributed by atoms with Gasteiger partial charge in [-0.1, -0.05) is 0 Å². The molecule has 0 atom stereocenters. The Labute approximate surface area is 71.9 Å². The fourth-order valence-electron chi connectivity index (χ4n) is 0.226. The molecule has 0 aliphatic rings. The first kappa shape index (κ1) is 12.5. The summed E-state index contributed by atoms with van der Waals surface area (Å²) in [6.07, 6.45) is 0. The Morgan fingerprint density at radius 2 is 1.40 bits per heavy atom. The van der Waals surface area contributed by atoms with Gasteiger partial charge in [0.05, 0.1) is 11.5 Å². The molecule has 0 fully saturated rings. The van der Waals surface area contributed by atoms with Gasteiger partial charge in [0.2, 0.25) is 0 Å². The van der Waals surface area contributed by atoms with Gasteiger partial charge in [-0.3, -0.25) is 9.59 Å². The van der Waals surface area contributed by atoms with Crippen LogP contribution < -0.4 is 0 Å². The van der Waals surface area contributed by atoms with Gasteiger partial charge in [0.25, 0.3) is 0 Å². The summed E-state index contributed by atoms with van der Waals surface area (Å²) >= 11 is 0.870. The van der Waals surface area contributed by atoms with Crippen LogP contribution in [0.3, 0.4) is 0 Å². The average Bonchev–Trinajstić information content (AvgIpc) is 1.63. The van der Waals surface area contributed by atoms with Crippen LogP contribution in [0.15, 0.2) is 0 Å². The number of carboxylic acid groups (broad SMARTS) is 2. The Bertz CT molecular complexity index is 112. The number of hydrogen-bond acceptors (Lipinski definition) is 3. The maximum atomic E-state index is 9.77. The fourth-order valence-corrected chi connectivity index (χ4v) is 0.677. The molecule has 4 nitrogen and oxygen atoms in total. The molecular weight excluding hydrogens is 203 g/mol. The largest absolute Gasteiger partial charge is 0.481 e. The third-order valence-electron chi connectivity index (χ3n) is 0.451. The zero-order valence-corrected chi connectivity index (χ0v) is 6.65. The Morgan fingerprint density at radius 1 is 1.10 bits per heavy atom. The topological polar surface area (TPSA) is 74.6 Å². The molecule has 0 amide bonds. The van der Waals surface area contributed by atoms with Gasteiger partial charge in [0.1, 0.15) is 0 Å². The van der Waals surface area contributed by atoms with Gasteiger partial charge >= 0.3 is 11.9 Å². The van der Waals surface area contributed by atoms with E-state index >= 15 is 0 Å². The van der Waals surface area contributed by atoms with E-state index in [0.29, 0.717) is 0 Å². The van der Waals surface area contributed by atoms with Crippen LogP contribution in [0.1, 0.15) is 0 Å². The van der Waals surface area contributed by atoms with Crippen LogP contribution in [-0.2, 0) is 26.1 Å². The molecule has 0 unspecified atom stereocenters. The van der Waals surface area contributed by atoms with Gasteiger partial charge in [0.15, 0.2) is 0 Å². The second-order valence-corrected chi connectivity index (χ2v) is 2.27. The minimum absolute atomic E-state index is 0. The molecule has 0 aromatic rings. The van der Waals surface area contributed by atoms with Crippen LogP contribution in [0, 0.1) is 0 Å². The summed E-state index contributed by atoms with van der Waals surface area (Å²) in [7, 11) is 0. The molecule has 0 spiro atoms. The van der Waals surface area contributed by atoms with Crippen molar-refractivity contribution in [1.82, 2.24) is 0 Å². The number of carboxylic acids is 2. The summed E-state index contributed by atoms with van der Waals surface area (Å²) in [5, 5.41) is 16.0. The molecule has 0 saturated carbocycles. The van der Waals surface area contributed by atoms with Gasteiger partial charge in [-0.15, -0.1) is 11.8 Å². The molecule has 0 aromatic heterocycles. The third kappa shape index (κ3) is 10.7. The first-order valence-corrected chi connectivity index (χ1v) is 3.29. The van der Waals surface area contributed by atoms with Gasteiger partial charge in [-0.25, -0.2) is 0 Å². The standard InChI is InChI=1S/C4H6O4S.Ni/c5-3(6)1-9-2-4(7)8;/h1-2H2,(H,5,6)(H,7,8);. The van der Waals surface area contributed by atoms with E-state index in [1.165, 1.54) is 0 Å². The van der Waals surface area contributed by atoms with Crippen LogP contribution in [0.2, 0.25) is 0 Å². The molecule has 0 aliphatic carbocycles. The average molecular weight is 209 g/mol. The monoisotopic (exact) mass is 208 g/mol. The van der Waals surface area contributed by atoms with Crippen molar-refractivity contribution in [3.05, 3.63) is 0 Å². The molecule has 0 radical (unpaired) electrons. The van der Waals surface area contributed by atoms with Crippen LogP contribution in [0.4, 0.5) is 0 Å². The molecule has 2 N–H and O–H groups in total. The number of thioether (sulfide) groups is 1. The smallest absolute Gasteiger partial charge is 0.313 e. The summed E-state index contributed by atoms with van der Waals surface area (Å²) in [6.45, 7) is 0. The van der Waals surface area contributed by atoms with E-state index in [4.69, 9.17) is 10.2 Å². The van der Waals surface area contributed by atoms with E-state index in [1.807, 2.05) is 0 Å². The molecule has 62 valence electrons. The second-order valence-electron chi connectivity index (χ2n) is 1.28. The quantitative estimate of drug-likeness (QED) is 0.631. The normalized spacial score (nSPS) is 8.00. The van der Waals surface area contributed by atoms with E-state index < -0.39 is 11.9 Å². The van der Waals surface area contributed by atoms with Gasteiger partial charge < -0.3 is 10.2 Å². The Balaban J connectivity index is 0. The van der Waals surface area contributed by atoms with Crippen molar-refractivity contribution >= 4 is 23.7 Å². The van der Waals surface area contributed by atoms with Crippen molar-refractivity contribution in [2.75, 3.05) is 11.5 Å². The second kappa shape index (κ2) is 6.90. The molecule has 0 aromatic carbocycles. The van der Waals surface area contributed by atoms with Crippen molar-refractivity contribution in [2.45, 2.75) is 0 Å². The van der Waals surface area contributed by atoms with Crippen molar-refractivity contribution in [3.8, 4) is 0 Å². The third-order valence-corrected chi connectivity index (χ3v) is 1.35. The van der Waals surface area contributed by atoms with Crippen LogP contribution in [-0.4, -0.2) is 33.7 Å². The summed E-state index contributed by atoms with van der Waals surface area (Å²) in [6, 6.07) is 0. The Hall–Kier alpha value is -0.216. The SMILES string of the molecule is O=C(O)CSCC(=O)O.[Ni]. The maximum Gasteiger partial charge on any atom is 0.313 e. The number of hydrogen-bond donors (Lipinski definition) is 2. The minimum Gasteiger partial charge on any atom is -0.481 e. The molecule has 0 aliphatic heterocycles. The van der Waals surface area contributed by atoms with Crippen molar-refractivity contribution in [2.24, 2.45) is 0 Å². The number of carbonyl (C=O) groups is 2. The summed E-state index contributed by atoms with van der Waals surface area (Å²) in [5.41, 5.74) is 0. The molecule has 0 saturated heterocycles. The zero-order chi connectivity index (χ0) is 7.28. The molecule has 0 bridgehead atoms. The first-order chi connectivity index (χ1) is 4.13. The Kier molecular flexibility index (Phi) is 8.59. The van der Waals surface area contributed by atoms with E-state index in [2.05, 4.69) is 0 Å². The molecule has 0 heterocycles. The van der Waals surface area contributed by atoms with E-state index in [0.717, 1.165) is 11.8 Å². The van der Waals surface area contributed by atoms with E-state index in [9.17, 15) is 9.59 Å². The summed E-state index contributed by atoms with van der Waals surface area (Å²) < 4.78 is 0. The maximum absolute atomic E-state index is 9.77. The van der Waals surface area contributed by atoms with Gasteiger partial charge in [-0.05, 0) is 0 Å².